The number of nitrogens with zero attached hydrogens (tertiary/aromatic N) is 2. The van der Waals surface area contributed by atoms with E-state index in [0.29, 0.717) is 24.4 Å². The molecule has 5 nitrogen and oxygen atoms in total. The van der Waals surface area contributed by atoms with Crippen LogP contribution in [0.3, 0.4) is 0 Å². The van der Waals surface area contributed by atoms with Crippen LogP contribution in [0, 0.1) is 11.3 Å². The van der Waals surface area contributed by atoms with E-state index in [1.165, 1.54) is 0 Å². The lowest BCUT2D eigenvalue weighted by Gasteiger charge is -2.27. The number of rotatable bonds is 8. The van der Waals surface area contributed by atoms with E-state index in [-0.39, 0.29) is 19.3 Å². The van der Waals surface area contributed by atoms with Crippen molar-refractivity contribution in [3.05, 3.63) is 29.8 Å². The molecule has 0 bridgehead atoms. The molecule has 0 aliphatic carbocycles. The van der Waals surface area contributed by atoms with Gasteiger partial charge in [-0.25, -0.2) is 0 Å². The van der Waals surface area contributed by atoms with Crippen molar-refractivity contribution in [2.45, 2.75) is 26.0 Å². The molecule has 2 N–H and O–H groups in total. The zero-order chi connectivity index (χ0) is 15.0. The van der Waals surface area contributed by atoms with Gasteiger partial charge in [-0.1, -0.05) is 0 Å². The van der Waals surface area contributed by atoms with Crippen LogP contribution in [0.1, 0.15) is 19.4 Å². The average molecular weight is 278 g/mol. The summed E-state index contributed by atoms with van der Waals surface area (Å²) in [6.45, 7) is 5.27. The van der Waals surface area contributed by atoms with Crippen LogP contribution in [0.4, 0.5) is 0 Å². The number of ether oxygens (including phenoxy) is 1. The molecule has 0 amide bonds. The van der Waals surface area contributed by atoms with E-state index < -0.39 is 6.10 Å². The van der Waals surface area contributed by atoms with E-state index >= 15 is 0 Å². The van der Waals surface area contributed by atoms with Crippen molar-refractivity contribution in [3.63, 3.8) is 0 Å². The van der Waals surface area contributed by atoms with Crippen LogP contribution in [0.25, 0.3) is 0 Å². The number of benzene rings is 1. The van der Waals surface area contributed by atoms with E-state index in [4.69, 9.17) is 15.1 Å². The highest BCUT2D eigenvalue weighted by Gasteiger charge is 2.14. The van der Waals surface area contributed by atoms with Crippen molar-refractivity contribution in [3.8, 4) is 11.8 Å². The van der Waals surface area contributed by atoms with E-state index in [0.717, 1.165) is 0 Å². The fraction of sp³-hybridized carbons (Fsp3) is 0.533. The summed E-state index contributed by atoms with van der Waals surface area (Å²) < 4.78 is 5.48. The average Bonchev–Trinajstić information content (AvgIpc) is 2.45. The van der Waals surface area contributed by atoms with Gasteiger partial charge in [0, 0.05) is 19.1 Å². The van der Waals surface area contributed by atoms with Crippen LogP contribution in [-0.4, -0.2) is 53.6 Å². The Morgan fingerprint density at radius 2 is 1.95 bits per heavy atom. The zero-order valence-corrected chi connectivity index (χ0v) is 12.0. The first kappa shape index (κ1) is 16.4. The molecular formula is C15H22N2O3. The largest absolute Gasteiger partial charge is 0.491 e. The van der Waals surface area contributed by atoms with Gasteiger partial charge in [0.2, 0.25) is 0 Å². The zero-order valence-electron chi connectivity index (χ0n) is 12.0. The second-order valence-corrected chi connectivity index (χ2v) is 4.91. The molecule has 110 valence electrons. The van der Waals surface area contributed by atoms with E-state index in [1.54, 1.807) is 24.3 Å². The third-order valence-electron chi connectivity index (χ3n) is 2.99. The Labute approximate surface area is 120 Å². The minimum absolute atomic E-state index is 0.0708. The molecule has 1 unspecified atom stereocenters. The van der Waals surface area contributed by atoms with Gasteiger partial charge in [0.15, 0.2) is 0 Å². The molecule has 0 fully saturated rings. The van der Waals surface area contributed by atoms with Crippen LogP contribution in [0.2, 0.25) is 0 Å². The summed E-state index contributed by atoms with van der Waals surface area (Å²) in [7, 11) is 0. The SMILES string of the molecule is CC(C)N(CCO)CC(O)COc1ccc(C#N)cc1. The van der Waals surface area contributed by atoms with Crippen LogP contribution in [-0.2, 0) is 0 Å². The van der Waals surface area contributed by atoms with Gasteiger partial charge in [-0.2, -0.15) is 5.26 Å². The molecule has 1 atom stereocenters. The van der Waals surface area contributed by atoms with Crippen molar-refractivity contribution in [2.24, 2.45) is 0 Å². The van der Waals surface area contributed by atoms with Crippen molar-refractivity contribution >= 4 is 0 Å². The molecule has 0 aliphatic heterocycles. The molecule has 0 heterocycles. The van der Waals surface area contributed by atoms with E-state index in [9.17, 15) is 5.11 Å². The number of hydrogen-bond acceptors (Lipinski definition) is 5. The number of aliphatic hydroxyl groups excluding tert-OH is 2. The summed E-state index contributed by atoms with van der Waals surface area (Å²) in [5.74, 6) is 0.626. The summed E-state index contributed by atoms with van der Waals surface area (Å²) in [6, 6.07) is 9.06. The third kappa shape index (κ3) is 5.57. The molecule has 1 aromatic rings. The Hall–Kier alpha value is -1.61. The molecule has 5 heteroatoms. The Morgan fingerprint density at radius 1 is 1.30 bits per heavy atom. The fourth-order valence-corrected chi connectivity index (χ4v) is 1.83. The topological polar surface area (TPSA) is 76.7 Å². The van der Waals surface area contributed by atoms with Crippen LogP contribution in [0.15, 0.2) is 24.3 Å². The molecule has 0 radical (unpaired) electrons. The molecule has 20 heavy (non-hydrogen) atoms. The summed E-state index contributed by atoms with van der Waals surface area (Å²) in [6.07, 6.45) is -0.625. The van der Waals surface area contributed by atoms with Gasteiger partial charge in [-0.05, 0) is 38.1 Å². The smallest absolute Gasteiger partial charge is 0.119 e. The van der Waals surface area contributed by atoms with Gasteiger partial charge in [0.05, 0.1) is 18.2 Å². The molecule has 0 spiro atoms. The van der Waals surface area contributed by atoms with Crippen LogP contribution < -0.4 is 4.74 Å². The summed E-state index contributed by atoms with van der Waals surface area (Å²) >= 11 is 0. The maximum absolute atomic E-state index is 9.96. The molecule has 0 aromatic heterocycles. The fourth-order valence-electron chi connectivity index (χ4n) is 1.83. The predicted molar refractivity (Wildman–Crippen MR) is 76.5 cm³/mol. The van der Waals surface area contributed by atoms with Gasteiger partial charge in [-0.3, -0.25) is 4.90 Å². The summed E-state index contributed by atoms with van der Waals surface area (Å²) in [5, 5.41) is 27.6. The minimum atomic E-state index is -0.625. The van der Waals surface area contributed by atoms with Gasteiger partial charge < -0.3 is 14.9 Å². The second kappa shape index (κ2) is 8.54. The number of aliphatic hydroxyl groups is 2. The molecule has 0 aliphatic rings. The monoisotopic (exact) mass is 278 g/mol. The Balaban J connectivity index is 2.41. The first-order valence-corrected chi connectivity index (χ1v) is 6.72. The minimum Gasteiger partial charge on any atom is -0.491 e. The van der Waals surface area contributed by atoms with Crippen molar-refractivity contribution in [1.82, 2.24) is 4.90 Å². The van der Waals surface area contributed by atoms with Crippen molar-refractivity contribution in [1.29, 1.82) is 5.26 Å². The van der Waals surface area contributed by atoms with Gasteiger partial charge in [-0.15, -0.1) is 0 Å². The normalized spacial score (nSPS) is 12.4. The van der Waals surface area contributed by atoms with Crippen molar-refractivity contribution < 1.29 is 14.9 Å². The van der Waals surface area contributed by atoms with Crippen LogP contribution in [0.5, 0.6) is 5.75 Å². The quantitative estimate of drug-likeness (QED) is 0.742. The van der Waals surface area contributed by atoms with Gasteiger partial charge >= 0.3 is 0 Å². The second-order valence-electron chi connectivity index (χ2n) is 4.91. The van der Waals surface area contributed by atoms with Gasteiger partial charge in [0.1, 0.15) is 18.5 Å². The molecule has 0 saturated heterocycles. The van der Waals surface area contributed by atoms with E-state index in [1.807, 2.05) is 24.8 Å². The van der Waals surface area contributed by atoms with Gasteiger partial charge in [0.25, 0.3) is 0 Å². The Bertz CT molecular complexity index is 426. The molecule has 1 rings (SSSR count). The maximum Gasteiger partial charge on any atom is 0.119 e. The first-order valence-electron chi connectivity index (χ1n) is 6.72. The lowest BCUT2D eigenvalue weighted by Crippen LogP contribution is -2.41. The Morgan fingerprint density at radius 3 is 2.45 bits per heavy atom. The highest BCUT2D eigenvalue weighted by atomic mass is 16.5. The number of hydrogen-bond donors (Lipinski definition) is 2. The highest BCUT2D eigenvalue weighted by molar-refractivity contribution is 5.34. The molecule has 0 saturated carbocycles. The van der Waals surface area contributed by atoms with Crippen LogP contribution >= 0.6 is 0 Å². The maximum atomic E-state index is 9.96. The third-order valence-corrected chi connectivity index (χ3v) is 2.99. The van der Waals surface area contributed by atoms with Crippen molar-refractivity contribution in [2.75, 3.05) is 26.3 Å². The summed E-state index contributed by atoms with van der Waals surface area (Å²) in [5.41, 5.74) is 0.576. The first-order chi connectivity index (χ1) is 9.56. The molecule has 1 aromatic carbocycles. The standard InChI is InChI=1S/C15H22N2O3/c1-12(2)17(7-8-18)10-14(19)11-20-15-5-3-13(9-16)4-6-15/h3-6,12,14,18-19H,7-8,10-11H2,1-2H3. The lowest BCUT2D eigenvalue weighted by atomic mass is 10.2. The lowest BCUT2D eigenvalue weighted by molar-refractivity contribution is 0.0502. The highest BCUT2D eigenvalue weighted by Crippen LogP contribution is 2.12. The number of nitriles is 1. The van der Waals surface area contributed by atoms with E-state index in [2.05, 4.69) is 0 Å². The summed E-state index contributed by atoms with van der Waals surface area (Å²) in [4.78, 5) is 1.99. The Kier molecular flexibility index (Phi) is 7.02. The molecular weight excluding hydrogens is 256 g/mol. The predicted octanol–water partition coefficient (Wildman–Crippen LogP) is 1.00.